The Labute approximate surface area is 133 Å². The van der Waals surface area contributed by atoms with Crippen molar-refractivity contribution in [3.05, 3.63) is 35.9 Å². The second-order valence-corrected chi connectivity index (χ2v) is 5.55. The van der Waals surface area contributed by atoms with Crippen LogP contribution in [0.5, 0.6) is 0 Å². The monoisotopic (exact) mass is 312 g/mol. The third-order valence-electron chi connectivity index (χ3n) is 3.74. The van der Waals surface area contributed by atoms with Crippen LogP contribution in [0.4, 0.5) is 0 Å². The Kier molecular flexibility index (Phi) is 7.72. The van der Waals surface area contributed by atoms with Crippen LogP contribution in [0.25, 0.3) is 0 Å². The highest BCUT2D eigenvalue weighted by molar-refractivity contribution is 5.85. The van der Waals surface area contributed by atoms with E-state index in [1.807, 2.05) is 35.2 Å². The fourth-order valence-electron chi connectivity index (χ4n) is 2.56. The van der Waals surface area contributed by atoms with Gasteiger partial charge in [0.1, 0.15) is 0 Å². The van der Waals surface area contributed by atoms with Gasteiger partial charge in [-0.25, -0.2) is 0 Å². The quantitative estimate of drug-likeness (QED) is 0.907. The third kappa shape index (κ3) is 5.65. The number of rotatable bonds is 5. The summed E-state index contributed by atoms with van der Waals surface area (Å²) in [6, 6.07) is 9.63. The first-order valence-electron chi connectivity index (χ1n) is 7.33. The summed E-state index contributed by atoms with van der Waals surface area (Å²) in [5.74, 6) is 0.551. The molecule has 118 valence electrons. The van der Waals surface area contributed by atoms with Crippen LogP contribution in [0.2, 0.25) is 0 Å². The molecule has 0 saturated carbocycles. The highest BCUT2D eigenvalue weighted by Gasteiger charge is 2.23. The van der Waals surface area contributed by atoms with E-state index in [1.165, 1.54) is 0 Å². The molecule has 1 saturated heterocycles. The smallest absolute Gasteiger partial charge is 0.239 e. The summed E-state index contributed by atoms with van der Waals surface area (Å²) in [7, 11) is 0. The van der Waals surface area contributed by atoms with E-state index in [0.717, 1.165) is 38.2 Å². The molecule has 1 fully saturated rings. The molecule has 21 heavy (non-hydrogen) atoms. The maximum absolute atomic E-state index is 12.3. The SMILES string of the molecule is C[C@@H](N)C(=O)N(Cc1ccccc1)CC1CCOCC1.Cl. The van der Waals surface area contributed by atoms with Crippen LogP contribution >= 0.6 is 12.4 Å². The van der Waals surface area contributed by atoms with Crippen molar-refractivity contribution in [1.29, 1.82) is 0 Å². The summed E-state index contributed by atoms with van der Waals surface area (Å²) in [5, 5.41) is 0. The number of nitrogens with two attached hydrogens (primary N) is 1. The highest BCUT2D eigenvalue weighted by atomic mass is 35.5. The molecule has 2 rings (SSSR count). The molecule has 1 atom stereocenters. The van der Waals surface area contributed by atoms with Gasteiger partial charge in [0.15, 0.2) is 0 Å². The van der Waals surface area contributed by atoms with E-state index in [0.29, 0.717) is 12.5 Å². The number of nitrogens with zero attached hydrogens (tertiary/aromatic N) is 1. The number of amides is 1. The van der Waals surface area contributed by atoms with E-state index in [1.54, 1.807) is 6.92 Å². The van der Waals surface area contributed by atoms with E-state index >= 15 is 0 Å². The maximum Gasteiger partial charge on any atom is 0.239 e. The molecule has 0 aromatic heterocycles. The summed E-state index contributed by atoms with van der Waals surface area (Å²) < 4.78 is 5.38. The average molecular weight is 313 g/mol. The van der Waals surface area contributed by atoms with Crippen molar-refractivity contribution >= 4 is 18.3 Å². The normalized spacial score (nSPS) is 16.9. The van der Waals surface area contributed by atoms with Gasteiger partial charge in [-0.3, -0.25) is 4.79 Å². The van der Waals surface area contributed by atoms with Crippen LogP contribution in [-0.2, 0) is 16.1 Å². The second-order valence-electron chi connectivity index (χ2n) is 5.55. The lowest BCUT2D eigenvalue weighted by atomic mass is 9.99. The first-order valence-corrected chi connectivity index (χ1v) is 7.33. The van der Waals surface area contributed by atoms with E-state index in [4.69, 9.17) is 10.5 Å². The van der Waals surface area contributed by atoms with E-state index in [2.05, 4.69) is 0 Å². The zero-order valence-electron chi connectivity index (χ0n) is 12.5. The van der Waals surface area contributed by atoms with Crippen LogP contribution in [0.1, 0.15) is 25.3 Å². The number of hydrogen-bond donors (Lipinski definition) is 1. The molecule has 0 aliphatic carbocycles. The van der Waals surface area contributed by atoms with Gasteiger partial charge >= 0.3 is 0 Å². The van der Waals surface area contributed by atoms with Crippen LogP contribution in [-0.4, -0.2) is 36.6 Å². The molecule has 1 aromatic rings. The minimum absolute atomic E-state index is 0. The molecule has 0 unspecified atom stereocenters. The molecule has 1 amide bonds. The molecular weight excluding hydrogens is 288 g/mol. The van der Waals surface area contributed by atoms with E-state index in [9.17, 15) is 4.79 Å². The average Bonchev–Trinajstić information content (AvgIpc) is 2.48. The Balaban J connectivity index is 0.00000220. The molecular formula is C16H25ClN2O2. The summed E-state index contributed by atoms with van der Waals surface area (Å²) >= 11 is 0. The zero-order valence-corrected chi connectivity index (χ0v) is 13.3. The van der Waals surface area contributed by atoms with Gasteiger partial charge in [-0.05, 0) is 31.2 Å². The van der Waals surface area contributed by atoms with Gasteiger partial charge in [-0.2, -0.15) is 0 Å². The zero-order chi connectivity index (χ0) is 14.4. The Morgan fingerprint density at radius 2 is 1.95 bits per heavy atom. The Bertz CT molecular complexity index is 420. The fourth-order valence-corrected chi connectivity index (χ4v) is 2.56. The molecule has 1 aromatic carbocycles. The molecule has 0 radical (unpaired) electrons. The van der Waals surface area contributed by atoms with Crippen molar-refractivity contribution in [2.45, 2.75) is 32.4 Å². The number of carbonyl (C=O) groups is 1. The molecule has 1 aliphatic rings. The van der Waals surface area contributed by atoms with Gasteiger partial charge in [0.25, 0.3) is 0 Å². The minimum atomic E-state index is -0.446. The predicted octanol–water partition coefficient (Wildman–Crippen LogP) is 2.21. The van der Waals surface area contributed by atoms with E-state index < -0.39 is 6.04 Å². The summed E-state index contributed by atoms with van der Waals surface area (Å²) in [4.78, 5) is 14.2. The molecule has 4 nitrogen and oxygen atoms in total. The number of benzene rings is 1. The Morgan fingerprint density at radius 3 is 2.52 bits per heavy atom. The second kappa shape index (κ2) is 9.03. The van der Waals surface area contributed by atoms with Crippen molar-refractivity contribution in [2.75, 3.05) is 19.8 Å². The first kappa shape index (κ1) is 18.0. The summed E-state index contributed by atoms with van der Waals surface area (Å²) in [6.45, 7) is 4.77. The largest absolute Gasteiger partial charge is 0.381 e. The molecule has 5 heteroatoms. The van der Waals surface area contributed by atoms with Crippen LogP contribution < -0.4 is 5.73 Å². The van der Waals surface area contributed by atoms with Gasteiger partial charge in [0, 0.05) is 26.3 Å². The lowest BCUT2D eigenvalue weighted by molar-refractivity contribution is -0.134. The van der Waals surface area contributed by atoms with Gasteiger partial charge in [0.2, 0.25) is 5.91 Å². The van der Waals surface area contributed by atoms with Crippen molar-refractivity contribution < 1.29 is 9.53 Å². The Morgan fingerprint density at radius 1 is 1.33 bits per heavy atom. The lowest BCUT2D eigenvalue weighted by Crippen LogP contribution is -2.44. The maximum atomic E-state index is 12.3. The van der Waals surface area contributed by atoms with Crippen molar-refractivity contribution in [3.8, 4) is 0 Å². The minimum Gasteiger partial charge on any atom is -0.381 e. The van der Waals surface area contributed by atoms with Crippen LogP contribution in [0.3, 0.4) is 0 Å². The molecule has 1 aliphatic heterocycles. The Hall–Kier alpha value is -1.10. The first-order chi connectivity index (χ1) is 9.66. The standard InChI is InChI=1S/C16H24N2O2.ClH/c1-13(17)16(19)18(11-14-5-3-2-4-6-14)12-15-7-9-20-10-8-15;/h2-6,13,15H,7-12,17H2,1H3;1H/t13-;/m1./s1. The summed E-state index contributed by atoms with van der Waals surface area (Å²) in [5.41, 5.74) is 6.93. The van der Waals surface area contributed by atoms with Gasteiger partial charge in [-0.15, -0.1) is 12.4 Å². The van der Waals surface area contributed by atoms with Crippen molar-refractivity contribution in [1.82, 2.24) is 4.90 Å². The molecule has 0 bridgehead atoms. The highest BCUT2D eigenvalue weighted by Crippen LogP contribution is 2.18. The number of ether oxygens (including phenoxy) is 1. The fraction of sp³-hybridized carbons (Fsp3) is 0.562. The lowest BCUT2D eigenvalue weighted by Gasteiger charge is -2.31. The molecule has 0 spiro atoms. The van der Waals surface area contributed by atoms with Gasteiger partial charge in [0.05, 0.1) is 6.04 Å². The van der Waals surface area contributed by atoms with Crippen LogP contribution in [0, 0.1) is 5.92 Å². The van der Waals surface area contributed by atoms with Gasteiger partial charge < -0.3 is 15.4 Å². The third-order valence-corrected chi connectivity index (χ3v) is 3.74. The van der Waals surface area contributed by atoms with Crippen molar-refractivity contribution in [2.24, 2.45) is 11.7 Å². The number of carbonyl (C=O) groups excluding carboxylic acids is 1. The molecule has 2 N–H and O–H groups in total. The number of halogens is 1. The number of hydrogen-bond acceptors (Lipinski definition) is 3. The van der Waals surface area contributed by atoms with Crippen molar-refractivity contribution in [3.63, 3.8) is 0 Å². The summed E-state index contributed by atoms with van der Waals surface area (Å²) in [6.07, 6.45) is 2.05. The van der Waals surface area contributed by atoms with E-state index in [-0.39, 0.29) is 18.3 Å². The molecule has 1 heterocycles. The topological polar surface area (TPSA) is 55.6 Å². The predicted molar refractivity (Wildman–Crippen MR) is 86.3 cm³/mol. The van der Waals surface area contributed by atoms with Crippen LogP contribution in [0.15, 0.2) is 30.3 Å². The van der Waals surface area contributed by atoms with Gasteiger partial charge in [-0.1, -0.05) is 30.3 Å².